The van der Waals surface area contributed by atoms with Gasteiger partial charge in [0.15, 0.2) is 17.3 Å². The number of Topliss-reactive ketones (excluding diaryl/α,β-unsaturated/α-hetero) is 1. The quantitative estimate of drug-likeness (QED) is 0.515. The van der Waals surface area contributed by atoms with Gasteiger partial charge >= 0.3 is 0 Å². The average Bonchev–Trinajstić information content (AvgIpc) is 3.16. The summed E-state index contributed by atoms with van der Waals surface area (Å²) in [5.74, 6) is 0.906. The molecule has 0 radical (unpaired) electrons. The summed E-state index contributed by atoms with van der Waals surface area (Å²) in [6, 6.07) is 12.6. The number of carbonyl (C=O) groups excluding carboxylic acids is 2. The molecule has 1 aliphatic rings. The van der Waals surface area contributed by atoms with Gasteiger partial charge in [0.05, 0.1) is 12.2 Å². The number of nitrogens with zero attached hydrogens (tertiary/aromatic N) is 1. The summed E-state index contributed by atoms with van der Waals surface area (Å²) >= 11 is 7.49. The summed E-state index contributed by atoms with van der Waals surface area (Å²) in [5.41, 5.74) is 2.39. The van der Waals surface area contributed by atoms with Crippen molar-refractivity contribution in [3.8, 4) is 22.8 Å². The fourth-order valence-corrected chi connectivity index (χ4v) is 4.27. The van der Waals surface area contributed by atoms with Crippen LogP contribution >= 0.6 is 22.9 Å². The van der Waals surface area contributed by atoms with Gasteiger partial charge in [-0.3, -0.25) is 9.59 Å². The molecule has 0 bridgehead atoms. The molecule has 1 aromatic heterocycles. The molecule has 6 nitrogen and oxygen atoms in total. The summed E-state index contributed by atoms with van der Waals surface area (Å²) in [6.07, 6.45) is 0.236. The number of hydrogen-bond acceptors (Lipinski definition) is 6. The molecule has 160 valence electrons. The van der Waals surface area contributed by atoms with Crippen molar-refractivity contribution in [2.75, 3.05) is 13.2 Å². The van der Waals surface area contributed by atoms with E-state index in [9.17, 15) is 9.59 Å². The Kier molecular flexibility index (Phi) is 6.53. The van der Waals surface area contributed by atoms with Crippen LogP contribution in [0.2, 0.25) is 5.02 Å². The van der Waals surface area contributed by atoms with Gasteiger partial charge < -0.3 is 14.8 Å². The Morgan fingerprint density at radius 1 is 1.06 bits per heavy atom. The maximum absolute atomic E-state index is 12.4. The van der Waals surface area contributed by atoms with E-state index >= 15 is 0 Å². The number of nitrogens with one attached hydrogen (secondary N) is 1. The van der Waals surface area contributed by atoms with Crippen LogP contribution in [-0.2, 0) is 11.3 Å². The van der Waals surface area contributed by atoms with Crippen LogP contribution in [0.5, 0.6) is 11.5 Å². The molecule has 31 heavy (non-hydrogen) atoms. The van der Waals surface area contributed by atoms with Gasteiger partial charge in [0, 0.05) is 33.9 Å². The van der Waals surface area contributed by atoms with Crippen molar-refractivity contribution >= 4 is 34.6 Å². The standard InChI is InChI=1S/C23H21ClN2O4S/c1-14-23(15-2-5-17(24)6-3-15)26-22(31-14)13-25-21(28)9-7-18(27)16-4-8-19-20(12-16)30-11-10-29-19/h2-6,8,12H,7,9-11,13H2,1H3,(H,25,28). The maximum atomic E-state index is 12.4. The second kappa shape index (κ2) is 9.49. The number of aryl methyl sites for hydroxylation is 1. The van der Waals surface area contributed by atoms with Crippen LogP contribution in [0.25, 0.3) is 11.3 Å². The van der Waals surface area contributed by atoms with E-state index < -0.39 is 0 Å². The van der Waals surface area contributed by atoms with Crippen LogP contribution in [0.1, 0.15) is 33.1 Å². The van der Waals surface area contributed by atoms with Gasteiger partial charge in [-0.15, -0.1) is 11.3 Å². The topological polar surface area (TPSA) is 77.5 Å². The van der Waals surface area contributed by atoms with Crippen LogP contribution in [0.15, 0.2) is 42.5 Å². The molecule has 4 rings (SSSR count). The van der Waals surface area contributed by atoms with Gasteiger partial charge in [0.1, 0.15) is 18.2 Å². The largest absolute Gasteiger partial charge is 0.486 e. The first-order valence-electron chi connectivity index (χ1n) is 9.91. The Labute approximate surface area is 189 Å². The van der Waals surface area contributed by atoms with E-state index in [1.807, 2.05) is 31.2 Å². The third-order valence-electron chi connectivity index (χ3n) is 4.84. The number of halogens is 1. The van der Waals surface area contributed by atoms with E-state index in [0.29, 0.717) is 41.8 Å². The number of aromatic nitrogens is 1. The number of rotatable bonds is 7. The van der Waals surface area contributed by atoms with Gasteiger partial charge in [-0.2, -0.15) is 0 Å². The Morgan fingerprint density at radius 3 is 2.58 bits per heavy atom. The number of hydrogen-bond donors (Lipinski definition) is 1. The third-order valence-corrected chi connectivity index (χ3v) is 6.06. The summed E-state index contributed by atoms with van der Waals surface area (Å²) < 4.78 is 11.0. The minimum absolute atomic E-state index is 0.109. The Bertz CT molecular complexity index is 1110. The van der Waals surface area contributed by atoms with Gasteiger partial charge in [-0.25, -0.2) is 4.98 Å². The number of carbonyl (C=O) groups is 2. The Hall–Kier alpha value is -2.90. The minimum Gasteiger partial charge on any atom is -0.486 e. The summed E-state index contributed by atoms with van der Waals surface area (Å²) in [6.45, 7) is 3.29. The zero-order chi connectivity index (χ0) is 21.8. The molecule has 2 aromatic carbocycles. The van der Waals surface area contributed by atoms with E-state index in [-0.39, 0.29) is 24.5 Å². The molecule has 2 heterocycles. The highest BCUT2D eigenvalue weighted by Crippen LogP contribution is 2.31. The summed E-state index contributed by atoms with van der Waals surface area (Å²) in [5, 5.41) is 4.34. The Morgan fingerprint density at radius 2 is 1.81 bits per heavy atom. The molecule has 0 fully saturated rings. The summed E-state index contributed by atoms with van der Waals surface area (Å²) in [7, 11) is 0. The SMILES string of the molecule is Cc1sc(CNC(=O)CCC(=O)c2ccc3c(c2)OCCO3)nc1-c1ccc(Cl)cc1. The minimum atomic E-state index is -0.188. The van der Waals surface area contributed by atoms with Crippen molar-refractivity contribution in [2.45, 2.75) is 26.3 Å². The van der Waals surface area contributed by atoms with Crippen molar-refractivity contribution in [1.82, 2.24) is 10.3 Å². The van der Waals surface area contributed by atoms with E-state index in [2.05, 4.69) is 10.3 Å². The van der Waals surface area contributed by atoms with Crippen molar-refractivity contribution in [1.29, 1.82) is 0 Å². The van der Waals surface area contributed by atoms with Gasteiger partial charge in [0.2, 0.25) is 5.91 Å². The molecule has 0 saturated heterocycles. The first-order valence-corrected chi connectivity index (χ1v) is 11.1. The van der Waals surface area contributed by atoms with Gasteiger partial charge in [0.25, 0.3) is 0 Å². The smallest absolute Gasteiger partial charge is 0.220 e. The zero-order valence-electron chi connectivity index (χ0n) is 16.9. The lowest BCUT2D eigenvalue weighted by Crippen LogP contribution is -2.23. The molecule has 0 unspecified atom stereocenters. The first-order chi connectivity index (χ1) is 15.0. The third kappa shape index (κ3) is 5.24. The fraction of sp³-hybridized carbons (Fsp3) is 0.261. The predicted octanol–water partition coefficient (Wildman–Crippen LogP) is 4.82. The van der Waals surface area contributed by atoms with Crippen LogP contribution < -0.4 is 14.8 Å². The van der Waals surface area contributed by atoms with E-state index in [1.54, 1.807) is 18.2 Å². The fourth-order valence-electron chi connectivity index (χ4n) is 3.25. The van der Waals surface area contributed by atoms with E-state index in [1.165, 1.54) is 11.3 Å². The van der Waals surface area contributed by atoms with Crippen molar-refractivity contribution in [3.05, 3.63) is 62.9 Å². The van der Waals surface area contributed by atoms with E-state index in [0.717, 1.165) is 21.1 Å². The van der Waals surface area contributed by atoms with Gasteiger partial charge in [-0.1, -0.05) is 23.7 Å². The van der Waals surface area contributed by atoms with Crippen LogP contribution in [0.3, 0.4) is 0 Å². The molecule has 0 atom stereocenters. The highest BCUT2D eigenvalue weighted by atomic mass is 35.5. The number of fused-ring (bicyclic) bond motifs is 1. The second-order valence-corrected chi connectivity index (χ2v) is 8.80. The lowest BCUT2D eigenvalue weighted by molar-refractivity contribution is -0.121. The van der Waals surface area contributed by atoms with Crippen molar-refractivity contribution < 1.29 is 19.1 Å². The van der Waals surface area contributed by atoms with Crippen LogP contribution in [-0.4, -0.2) is 29.9 Å². The maximum Gasteiger partial charge on any atom is 0.220 e. The molecule has 1 amide bonds. The number of ketones is 1. The number of benzene rings is 2. The van der Waals surface area contributed by atoms with Crippen LogP contribution in [0, 0.1) is 6.92 Å². The number of ether oxygens (including phenoxy) is 2. The highest BCUT2D eigenvalue weighted by molar-refractivity contribution is 7.12. The van der Waals surface area contributed by atoms with Crippen molar-refractivity contribution in [3.63, 3.8) is 0 Å². The average molecular weight is 457 g/mol. The molecular formula is C23H21ClN2O4S. The first kappa shape index (κ1) is 21.3. The Balaban J connectivity index is 1.29. The number of thiazole rings is 1. The molecule has 0 aliphatic carbocycles. The molecular weight excluding hydrogens is 436 g/mol. The van der Waals surface area contributed by atoms with Crippen molar-refractivity contribution in [2.24, 2.45) is 0 Å². The van der Waals surface area contributed by atoms with Gasteiger partial charge in [-0.05, 0) is 37.3 Å². The molecule has 0 spiro atoms. The molecule has 1 N–H and O–H groups in total. The lowest BCUT2D eigenvalue weighted by Gasteiger charge is -2.18. The second-order valence-electron chi connectivity index (χ2n) is 7.08. The highest BCUT2D eigenvalue weighted by Gasteiger charge is 2.16. The molecule has 1 aliphatic heterocycles. The predicted molar refractivity (Wildman–Crippen MR) is 120 cm³/mol. The normalized spacial score (nSPS) is 12.5. The van der Waals surface area contributed by atoms with E-state index in [4.69, 9.17) is 21.1 Å². The molecule has 0 saturated carbocycles. The lowest BCUT2D eigenvalue weighted by atomic mass is 10.1. The van der Waals surface area contributed by atoms with Crippen LogP contribution in [0.4, 0.5) is 0 Å². The number of amides is 1. The zero-order valence-corrected chi connectivity index (χ0v) is 18.5. The molecule has 8 heteroatoms. The molecule has 3 aromatic rings. The monoisotopic (exact) mass is 456 g/mol. The summed E-state index contributed by atoms with van der Waals surface area (Å²) in [4.78, 5) is 30.4.